The van der Waals surface area contributed by atoms with Crippen LogP contribution in [-0.2, 0) is 12.6 Å². The zero-order valence-corrected chi connectivity index (χ0v) is 15.3. The molecule has 1 unspecified atom stereocenters. The van der Waals surface area contributed by atoms with Crippen molar-refractivity contribution in [1.29, 1.82) is 0 Å². The molecule has 0 spiro atoms. The summed E-state index contributed by atoms with van der Waals surface area (Å²) in [5, 5.41) is 0. The highest BCUT2D eigenvalue weighted by Gasteiger charge is 2.30. The van der Waals surface area contributed by atoms with E-state index in [0.29, 0.717) is 6.42 Å². The smallest absolute Gasteiger partial charge is 0.338 e. The summed E-state index contributed by atoms with van der Waals surface area (Å²) in [5.74, 6) is 0.729. The molecule has 3 rings (SSSR count). The molecule has 142 valence electrons. The average molecular weight is 387 g/mol. The van der Waals surface area contributed by atoms with E-state index in [9.17, 15) is 13.2 Å². The summed E-state index contributed by atoms with van der Waals surface area (Å²) in [5.41, 5.74) is 0.138. The zero-order valence-electron chi connectivity index (χ0n) is 14.5. The molecule has 1 saturated heterocycles. The van der Waals surface area contributed by atoms with Gasteiger partial charge in [0.25, 0.3) is 0 Å². The van der Waals surface area contributed by atoms with Crippen molar-refractivity contribution in [1.82, 2.24) is 14.9 Å². The fourth-order valence-electron chi connectivity index (χ4n) is 3.16. The minimum Gasteiger partial charge on any atom is -0.338 e. The van der Waals surface area contributed by atoms with E-state index >= 15 is 0 Å². The van der Waals surface area contributed by atoms with Crippen molar-refractivity contribution >= 4 is 18.4 Å². The van der Waals surface area contributed by atoms with E-state index in [1.165, 1.54) is 12.1 Å². The molecule has 1 aromatic heterocycles. The first kappa shape index (κ1) is 20.5. The molecule has 0 aliphatic carbocycles. The Labute approximate surface area is 157 Å². The number of aromatic nitrogens is 2. The van der Waals surface area contributed by atoms with Gasteiger partial charge in [-0.2, -0.15) is 13.2 Å². The van der Waals surface area contributed by atoms with Crippen molar-refractivity contribution in [2.75, 3.05) is 31.1 Å². The van der Waals surface area contributed by atoms with Gasteiger partial charge in [0.2, 0.25) is 5.95 Å². The second-order valence-corrected chi connectivity index (χ2v) is 6.32. The summed E-state index contributed by atoms with van der Waals surface area (Å²) in [4.78, 5) is 13.0. The van der Waals surface area contributed by atoms with Crippen molar-refractivity contribution in [3.8, 4) is 0 Å². The molecule has 0 radical (unpaired) electrons. The lowest BCUT2D eigenvalue weighted by molar-refractivity contribution is -0.137. The van der Waals surface area contributed by atoms with Crippen LogP contribution >= 0.6 is 12.4 Å². The molecule has 2 heterocycles. The topological polar surface area (TPSA) is 32.3 Å². The Balaban J connectivity index is 0.00000243. The Morgan fingerprint density at radius 1 is 1.04 bits per heavy atom. The Morgan fingerprint density at radius 3 is 2.31 bits per heavy atom. The van der Waals surface area contributed by atoms with Crippen LogP contribution in [0.15, 0.2) is 42.7 Å². The van der Waals surface area contributed by atoms with Gasteiger partial charge in [0.05, 0.1) is 5.56 Å². The molecular formula is C18H22ClF3N4. The third-order valence-corrected chi connectivity index (χ3v) is 4.56. The van der Waals surface area contributed by atoms with Crippen molar-refractivity contribution < 1.29 is 13.2 Å². The lowest BCUT2D eigenvalue weighted by Crippen LogP contribution is -2.50. The van der Waals surface area contributed by atoms with Gasteiger partial charge in [0.15, 0.2) is 0 Å². The maximum atomic E-state index is 12.8. The second-order valence-electron chi connectivity index (χ2n) is 6.32. The summed E-state index contributed by atoms with van der Waals surface area (Å²) in [7, 11) is 0. The van der Waals surface area contributed by atoms with E-state index in [-0.39, 0.29) is 18.4 Å². The number of hydrogen-bond acceptors (Lipinski definition) is 4. The Morgan fingerprint density at radius 2 is 1.69 bits per heavy atom. The number of benzene rings is 1. The van der Waals surface area contributed by atoms with E-state index in [1.807, 2.05) is 0 Å². The first-order chi connectivity index (χ1) is 11.9. The van der Waals surface area contributed by atoms with Crippen LogP contribution in [0.5, 0.6) is 0 Å². The van der Waals surface area contributed by atoms with Crippen LogP contribution in [0, 0.1) is 0 Å². The first-order valence-electron chi connectivity index (χ1n) is 8.35. The Kier molecular flexibility index (Phi) is 6.83. The fraction of sp³-hybridized carbons (Fsp3) is 0.444. The number of nitrogens with zero attached hydrogens (tertiary/aromatic N) is 4. The highest BCUT2D eigenvalue weighted by molar-refractivity contribution is 5.85. The molecule has 8 heteroatoms. The van der Waals surface area contributed by atoms with Crippen LogP contribution in [0.1, 0.15) is 18.1 Å². The van der Waals surface area contributed by atoms with Crippen LogP contribution in [0.25, 0.3) is 0 Å². The van der Waals surface area contributed by atoms with Crippen LogP contribution in [0.3, 0.4) is 0 Å². The molecule has 1 atom stereocenters. The minimum absolute atomic E-state index is 0. The van der Waals surface area contributed by atoms with Crippen molar-refractivity contribution in [3.63, 3.8) is 0 Å². The molecule has 1 aromatic carbocycles. The Bertz CT molecular complexity index is 688. The lowest BCUT2D eigenvalue weighted by atomic mass is 10.0. The number of hydrogen-bond donors (Lipinski definition) is 0. The van der Waals surface area contributed by atoms with E-state index < -0.39 is 11.7 Å². The monoisotopic (exact) mass is 386 g/mol. The number of rotatable bonds is 4. The van der Waals surface area contributed by atoms with Crippen molar-refractivity contribution in [3.05, 3.63) is 53.9 Å². The minimum atomic E-state index is -4.29. The summed E-state index contributed by atoms with van der Waals surface area (Å²) >= 11 is 0. The standard InChI is InChI=1S/C18H21F3N4.ClH/c1-14(12-15-4-2-5-16(13-15)18(19,20)21)24-8-10-25(11-9-24)17-22-6-3-7-23-17;/h2-7,13-14H,8-12H2,1H3;1H. The van der Waals surface area contributed by atoms with E-state index in [0.717, 1.165) is 43.8 Å². The molecule has 2 aromatic rings. The van der Waals surface area contributed by atoms with Gasteiger partial charge in [-0.25, -0.2) is 9.97 Å². The van der Waals surface area contributed by atoms with Crippen molar-refractivity contribution in [2.45, 2.75) is 25.6 Å². The summed E-state index contributed by atoms with van der Waals surface area (Å²) in [6.45, 7) is 5.39. The molecule has 4 nitrogen and oxygen atoms in total. The molecule has 1 aliphatic rings. The van der Waals surface area contributed by atoms with E-state index in [1.54, 1.807) is 24.5 Å². The number of piperazine rings is 1. The number of alkyl halides is 3. The zero-order chi connectivity index (χ0) is 17.9. The largest absolute Gasteiger partial charge is 0.416 e. The van der Waals surface area contributed by atoms with E-state index in [2.05, 4.69) is 26.7 Å². The predicted octanol–water partition coefficient (Wildman–Crippen LogP) is 3.67. The first-order valence-corrected chi connectivity index (χ1v) is 8.35. The molecule has 0 saturated carbocycles. The van der Waals surface area contributed by atoms with Crippen LogP contribution in [0.4, 0.5) is 19.1 Å². The van der Waals surface area contributed by atoms with Gasteiger partial charge >= 0.3 is 6.18 Å². The highest BCUT2D eigenvalue weighted by atomic mass is 35.5. The number of halogens is 4. The molecule has 0 amide bonds. The van der Waals surface area contributed by atoms with Gasteiger partial charge in [-0.05, 0) is 31.0 Å². The van der Waals surface area contributed by atoms with Gasteiger partial charge in [-0.1, -0.05) is 18.2 Å². The highest BCUT2D eigenvalue weighted by Crippen LogP contribution is 2.30. The maximum absolute atomic E-state index is 12.8. The van der Waals surface area contributed by atoms with Gasteiger partial charge in [0.1, 0.15) is 0 Å². The lowest BCUT2D eigenvalue weighted by Gasteiger charge is -2.38. The summed E-state index contributed by atoms with van der Waals surface area (Å²) in [6, 6.07) is 7.59. The van der Waals surface area contributed by atoms with Crippen LogP contribution < -0.4 is 4.90 Å². The van der Waals surface area contributed by atoms with Gasteiger partial charge < -0.3 is 4.90 Å². The maximum Gasteiger partial charge on any atom is 0.416 e. The van der Waals surface area contributed by atoms with Gasteiger partial charge in [-0.3, -0.25) is 4.90 Å². The van der Waals surface area contributed by atoms with Crippen LogP contribution in [-0.4, -0.2) is 47.1 Å². The number of anilines is 1. The predicted molar refractivity (Wildman–Crippen MR) is 97.7 cm³/mol. The Hall–Kier alpha value is -1.86. The van der Waals surface area contributed by atoms with E-state index in [4.69, 9.17) is 0 Å². The van der Waals surface area contributed by atoms with Gasteiger partial charge in [0, 0.05) is 44.6 Å². The second kappa shape index (κ2) is 8.68. The normalized spacial score (nSPS) is 16.8. The molecule has 1 aliphatic heterocycles. The molecule has 0 bridgehead atoms. The average Bonchev–Trinajstić information content (AvgIpc) is 2.62. The summed E-state index contributed by atoms with van der Waals surface area (Å²) in [6.07, 6.45) is -0.234. The van der Waals surface area contributed by atoms with Gasteiger partial charge in [-0.15, -0.1) is 12.4 Å². The third kappa shape index (κ3) is 5.08. The summed E-state index contributed by atoms with van der Waals surface area (Å²) < 4.78 is 38.5. The van der Waals surface area contributed by atoms with Crippen molar-refractivity contribution in [2.24, 2.45) is 0 Å². The molecular weight excluding hydrogens is 365 g/mol. The fourth-order valence-corrected chi connectivity index (χ4v) is 3.16. The quantitative estimate of drug-likeness (QED) is 0.802. The molecule has 0 N–H and O–H groups in total. The molecule has 1 fully saturated rings. The molecule has 26 heavy (non-hydrogen) atoms. The SMILES string of the molecule is CC(Cc1cccc(C(F)(F)F)c1)N1CCN(c2ncccn2)CC1.Cl. The third-order valence-electron chi connectivity index (χ3n) is 4.56. The van der Waals surface area contributed by atoms with Crippen LogP contribution in [0.2, 0.25) is 0 Å².